The molecule has 0 unspecified atom stereocenters. The SMILES string of the molecule is O=C(O)c1cc2c3ccccc3n(Cc3ccc(F)cc3)c2c(-c2ccc(Cl)cc2)n1. The third-order valence-electron chi connectivity index (χ3n) is 5.34. The van der Waals surface area contributed by atoms with Gasteiger partial charge in [0.15, 0.2) is 0 Å². The smallest absolute Gasteiger partial charge is 0.354 e. The summed E-state index contributed by atoms with van der Waals surface area (Å²) in [5, 5.41) is 12.0. The van der Waals surface area contributed by atoms with Crippen LogP contribution in [0.15, 0.2) is 78.9 Å². The van der Waals surface area contributed by atoms with E-state index in [0.29, 0.717) is 17.3 Å². The lowest BCUT2D eigenvalue weighted by molar-refractivity contribution is 0.0691. The van der Waals surface area contributed by atoms with Gasteiger partial charge in [0.05, 0.1) is 11.2 Å². The van der Waals surface area contributed by atoms with Gasteiger partial charge >= 0.3 is 5.97 Å². The van der Waals surface area contributed by atoms with E-state index in [1.165, 1.54) is 12.1 Å². The van der Waals surface area contributed by atoms with Crippen LogP contribution in [0.3, 0.4) is 0 Å². The molecular weight excluding hydrogens is 415 g/mol. The van der Waals surface area contributed by atoms with Crippen molar-refractivity contribution in [3.63, 3.8) is 0 Å². The molecule has 31 heavy (non-hydrogen) atoms. The highest BCUT2D eigenvalue weighted by molar-refractivity contribution is 6.30. The van der Waals surface area contributed by atoms with Gasteiger partial charge in [0.25, 0.3) is 0 Å². The summed E-state index contributed by atoms with van der Waals surface area (Å²) in [6.45, 7) is 0.485. The minimum atomic E-state index is -1.09. The van der Waals surface area contributed by atoms with Crippen LogP contribution in [0, 0.1) is 5.82 Å². The summed E-state index contributed by atoms with van der Waals surface area (Å²) >= 11 is 6.06. The van der Waals surface area contributed by atoms with E-state index in [0.717, 1.165) is 32.9 Å². The standard InChI is InChI=1S/C25H16ClFN2O2/c26-17-9-7-16(8-10-17)23-24-20(13-21(28-23)25(30)31)19-3-1-2-4-22(19)29(24)14-15-5-11-18(27)12-6-15/h1-13H,14H2,(H,30,31). The number of aromatic nitrogens is 2. The average molecular weight is 431 g/mol. The number of fused-ring (bicyclic) bond motifs is 3. The van der Waals surface area contributed by atoms with E-state index in [-0.39, 0.29) is 11.5 Å². The Morgan fingerprint density at radius 1 is 0.968 bits per heavy atom. The Kier molecular flexibility index (Phi) is 4.68. The third kappa shape index (κ3) is 3.43. The second kappa shape index (κ2) is 7.52. The summed E-state index contributed by atoms with van der Waals surface area (Å²) in [4.78, 5) is 16.3. The van der Waals surface area contributed by atoms with E-state index in [9.17, 15) is 14.3 Å². The molecule has 5 rings (SSSR count). The van der Waals surface area contributed by atoms with E-state index < -0.39 is 5.97 Å². The highest BCUT2D eigenvalue weighted by atomic mass is 35.5. The monoisotopic (exact) mass is 430 g/mol. The van der Waals surface area contributed by atoms with E-state index >= 15 is 0 Å². The quantitative estimate of drug-likeness (QED) is 0.359. The summed E-state index contributed by atoms with van der Waals surface area (Å²) in [6, 6.07) is 23.0. The van der Waals surface area contributed by atoms with Gasteiger partial charge in [0, 0.05) is 33.4 Å². The summed E-state index contributed by atoms with van der Waals surface area (Å²) in [6.07, 6.45) is 0. The van der Waals surface area contributed by atoms with Crippen molar-refractivity contribution in [1.29, 1.82) is 0 Å². The van der Waals surface area contributed by atoms with Gasteiger partial charge in [0.1, 0.15) is 11.5 Å². The van der Waals surface area contributed by atoms with Gasteiger partial charge in [0.2, 0.25) is 0 Å². The van der Waals surface area contributed by atoms with Crippen molar-refractivity contribution in [1.82, 2.24) is 9.55 Å². The van der Waals surface area contributed by atoms with Gasteiger partial charge in [-0.1, -0.05) is 54.1 Å². The molecule has 5 aromatic rings. The normalized spacial score (nSPS) is 11.3. The number of hydrogen-bond donors (Lipinski definition) is 1. The zero-order valence-corrected chi connectivity index (χ0v) is 17.0. The number of pyridine rings is 1. The Balaban J connectivity index is 1.86. The topological polar surface area (TPSA) is 55.1 Å². The number of carboxylic acids is 1. The van der Waals surface area contributed by atoms with E-state index in [4.69, 9.17) is 11.6 Å². The van der Waals surface area contributed by atoms with E-state index in [2.05, 4.69) is 9.55 Å². The van der Waals surface area contributed by atoms with E-state index in [1.807, 2.05) is 36.4 Å². The third-order valence-corrected chi connectivity index (χ3v) is 5.59. The molecular formula is C25H16ClFN2O2. The number of nitrogens with zero attached hydrogens (tertiary/aromatic N) is 2. The van der Waals surface area contributed by atoms with Gasteiger partial charge in [-0.15, -0.1) is 0 Å². The molecule has 2 heterocycles. The molecule has 0 saturated carbocycles. The molecule has 2 aromatic heterocycles. The molecule has 3 aromatic carbocycles. The molecule has 0 fully saturated rings. The van der Waals surface area contributed by atoms with Gasteiger partial charge in [-0.3, -0.25) is 0 Å². The Bertz CT molecular complexity index is 1440. The number of benzene rings is 3. The van der Waals surface area contributed by atoms with Crippen LogP contribution in [-0.2, 0) is 6.54 Å². The van der Waals surface area contributed by atoms with Crippen LogP contribution in [0.5, 0.6) is 0 Å². The average Bonchev–Trinajstić information content (AvgIpc) is 3.09. The Morgan fingerprint density at radius 2 is 1.68 bits per heavy atom. The van der Waals surface area contributed by atoms with Crippen molar-refractivity contribution in [3.8, 4) is 11.3 Å². The second-order valence-corrected chi connectivity index (χ2v) is 7.73. The number of halogens is 2. The number of rotatable bonds is 4. The molecule has 0 radical (unpaired) electrons. The number of carbonyl (C=O) groups is 1. The maximum atomic E-state index is 13.4. The molecule has 0 aliphatic carbocycles. The van der Waals surface area contributed by atoms with Crippen molar-refractivity contribution in [2.45, 2.75) is 6.54 Å². The summed E-state index contributed by atoms with van der Waals surface area (Å²) in [5.74, 6) is -1.38. The van der Waals surface area contributed by atoms with Crippen molar-refractivity contribution in [2.24, 2.45) is 0 Å². The fourth-order valence-corrected chi connectivity index (χ4v) is 4.06. The molecule has 0 amide bonds. The van der Waals surface area contributed by atoms with Crippen molar-refractivity contribution >= 4 is 39.4 Å². The van der Waals surface area contributed by atoms with Crippen LogP contribution >= 0.6 is 11.6 Å². The Morgan fingerprint density at radius 3 is 2.39 bits per heavy atom. The van der Waals surface area contributed by atoms with Gasteiger partial charge in [-0.25, -0.2) is 14.2 Å². The maximum Gasteiger partial charge on any atom is 0.354 e. The first-order valence-electron chi connectivity index (χ1n) is 9.67. The molecule has 0 aliphatic rings. The van der Waals surface area contributed by atoms with Crippen LogP contribution in [-0.4, -0.2) is 20.6 Å². The number of hydrogen-bond acceptors (Lipinski definition) is 2. The number of aromatic carboxylic acids is 1. The van der Waals surface area contributed by atoms with Gasteiger partial charge in [-0.05, 0) is 42.0 Å². The van der Waals surface area contributed by atoms with Gasteiger partial charge in [-0.2, -0.15) is 0 Å². The summed E-state index contributed by atoms with van der Waals surface area (Å²) in [7, 11) is 0. The fourth-order valence-electron chi connectivity index (χ4n) is 3.93. The highest BCUT2D eigenvalue weighted by Crippen LogP contribution is 2.36. The number of carboxylic acid groups (broad SMARTS) is 1. The predicted molar refractivity (Wildman–Crippen MR) is 120 cm³/mol. The first-order chi connectivity index (χ1) is 15.0. The molecule has 6 heteroatoms. The molecule has 1 N–H and O–H groups in total. The zero-order chi connectivity index (χ0) is 21.5. The van der Waals surface area contributed by atoms with Crippen LogP contribution in [0.25, 0.3) is 33.1 Å². The second-order valence-electron chi connectivity index (χ2n) is 7.29. The van der Waals surface area contributed by atoms with Crippen LogP contribution < -0.4 is 0 Å². The number of para-hydroxylation sites is 1. The minimum Gasteiger partial charge on any atom is -0.477 e. The highest BCUT2D eigenvalue weighted by Gasteiger charge is 2.20. The van der Waals surface area contributed by atoms with Crippen LogP contribution in [0.4, 0.5) is 4.39 Å². The lowest BCUT2D eigenvalue weighted by atomic mass is 10.1. The molecule has 0 aliphatic heterocycles. The molecule has 4 nitrogen and oxygen atoms in total. The molecule has 0 atom stereocenters. The molecule has 152 valence electrons. The van der Waals surface area contributed by atoms with Crippen LogP contribution in [0.1, 0.15) is 16.1 Å². The fraction of sp³-hybridized carbons (Fsp3) is 0.0400. The largest absolute Gasteiger partial charge is 0.477 e. The lowest BCUT2D eigenvalue weighted by Crippen LogP contribution is -2.05. The van der Waals surface area contributed by atoms with Crippen LogP contribution in [0.2, 0.25) is 5.02 Å². The predicted octanol–water partition coefficient (Wildman–Crippen LogP) is 6.40. The van der Waals surface area contributed by atoms with Crippen molar-refractivity contribution in [3.05, 3.63) is 101 Å². The summed E-state index contributed by atoms with van der Waals surface area (Å²) in [5.41, 5.74) is 3.99. The first kappa shape index (κ1) is 19.3. The summed E-state index contributed by atoms with van der Waals surface area (Å²) < 4.78 is 15.5. The minimum absolute atomic E-state index is 0.0258. The van der Waals surface area contributed by atoms with Gasteiger partial charge < -0.3 is 9.67 Å². The Labute approximate surface area is 182 Å². The Hall–Kier alpha value is -3.70. The first-order valence-corrected chi connectivity index (χ1v) is 10.0. The van der Waals surface area contributed by atoms with Crippen molar-refractivity contribution in [2.75, 3.05) is 0 Å². The zero-order valence-electron chi connectivity index (χ0n) is 16.2. The molecule has 0 saturated heterocycles. The van der Waals surface area contributed by atoms with Crippen molar-refractivity contribution < 1.29 is 14.3 Å². The van der Waals surface area contributed by atoms with E-state index in [1.54, 1.807) is 30.3 Å². The molecule has 0 spiro atoms. The molecule has 0 bridgehead atoms. The maximum absolute atomic E-state index is 13.4. The lowest BCUT2D eigenvalue weighted by Gasteiger charge is -2.12.